The van der Waals surface area contributed by atoms with Crippen LogP contribution in [0.15, 0.2) is 36.4 Å². The fourth-order valence-electron chi connectivity index (χ4n) is 1.82. The van der Waals surface area contributed by atoms with E-state index in [2.05, 4.69) is 0 Å². The molecule has 0 atom stereocenters. The van der Waals surface area contributed by atoms with Gasteiger partial charge in [0.25, 0.3) is 0 Å². The zero-order valence-electron chi connectivity index (χ0n) is 11.6. The van der Waals surface area contributed by atoms with Crippen molar-refractivity contribution in [3.63, 3.8) is 0 Å². The minimum atomic E-state index is -1.11. The van der Waals surface area contributed by atoms with Crippen LogP contribution in [0.4, 0.5) is 0 Å². The van der Waals surface area contributed by atoms with E-state index in [1.165, 1.54) is 25.3 Å². The Morgan fingerprint density at radius 1 is 1.19 bits per heavy atom. The first-order valence-corrected chi connectivity index (χ1v) is 6.15. The van der Waals surface area contributed by atoms with E-state index in [0.717, 1.165) is 5.56 Å². The summed E-state index contributed by atoms with van der Waals surface area (Å²) in [7, 11) is 1.48. The van der Waals surface area contributed by atoms with E-state index in [1.54, 1.807) is 18.2 Å². The Bertz CT molecular complexity index is 732. The lowest BCUT2D eigenvalue weighted by Gasteiger charge is -2.12. The number of aromatic carboxylic acids is 1. The van der Waals surface area contributed by atoms with Crippen molar-refractivity contribution in [2.45, 2.75) is 6.92 Å². The zero-order valence-corrected chi connectivity index (χ0v) is 11.6. The number of nitrogens with zero attached hydrogens (tertiary/aromatic N) is 1. The van der Waals surface area contributed by atoms with Crippen molar-refractivity contribution in [3.8, 4) is 23.3 Å². The molecule has 21 heavy (non-hydrogen) atoms. The Morgan fingerprint density at radius 3 is 2.57 bits per heavy atom. The molecule has 0 aliphatic carbocycles. The lowest BCUT2D eigenvalue weighted by atomic mass is 10.1. The number of rotatable bonds is 4. The lowest BCUT2D eigenvalue weighted by molar-refractivity contribution is 0.0694. The third-order valence-corrected chi connectivity index (χ3v) is 2.90. The summed E-state index contributed by atoms with van der Waals surface area (Å²) in [5.74, 6) is -0.197. The summed E-state index contributed by atoms with van der Waals surface area (Å²) in [6, 6.07) is 11.5. The van der Waals surface area contributed by atoms with Crippen LogP contribution in [-0.4, -0.2) is 18.2 Å². The number of methoxy groups -OCH3 is 1. The summed E-state index contributed by atoms with van der Waals surface area (Å²) in [6.45, 7) is 1.86. The molecule has 0 fully saturated rings. The van der Waals surface area contributed by atoms with Crippen molar-refractivity contribution in [1.29, 1.82) is 5.26 Å². The number of ether oxygens (including phenoxy) is 2. The number of aryl methyl sites for hydroxylation is 1. The van der Waals surface area contributed by atoms with Gasteiger partial charge in [-0.25, -0.2) is 4.79 Å². The molecule has 1 N–H and O–H groups in total. The average Bonchev–Trinajstić information content (AvgIpc) is 2.47. The fraction of sp³-hybridized carbons (Fsp3) is 0.125. The largest absolute Gasteiger partial charge is 0.497 e. The van der Waals surface area contributed by atoms with Gasteiger partial charge in [0.15, 0.2) is 0 Å². The van der Waals surface area contributed by atoms with Crippen LogP contribution in [0.5, 0.6) is 17.2 Å². The molecule has 2 aromatic rings. The first-order valence-electron chi connectivity index (χ1n) is 6.15. The third kappa shape index (κ3) is 3.12. The Hall–Kier alpha value is -3.00. The van der Waals surface area contributed by atoms with Gasteiger partial charge in [-0.3, -0.25) is 0 Å². The lowest BCUT2D eigenvalue weighted by Crippen LogP contribution is -2.01. The van der Waals surface area contributed by atoms with Gasteiger partial charge in [-0.2, -0.15) is 5.26 Å². The normalized spacial score (nSPS) is 9.76. The molecule has 0 saturated carbocycles. The van der Waals surface area contributed by atoms with Gasteiger partial charge in [-0.1, -0.05) is 6.07 Å². The highest BCUT2D eigenvalue weighted by Crippen LogP contribution is 2.31. The second-order valence-electron chi connectivity index (χ2n) is 4.38. The van der Waals surface area contributed by atoms with E-state index in [9.17, 15) is 9.90 Å². The van der Waals surface area contributed by atoms with Crippen LogP contribution < -0.4 is 9.47 Å². The first-order chi connectivity index (χ1) is 10.0. The summed E-state index contributed by atoms with van der Waals surface area (Å²) < 4.78 is 10.7. The van der Waals surface area contributed by atoms with Crippen molar-refractivity contribution in [2.24, 2.45) is 0 Å². The first kappa shape index (κ1) is 14.4. The molecule has 2 rings (SSSR count). The smallest absolute Gasteiger partial charge is 0.339 e. The molecular formula is C16H13NO4. The SMILES string of the molecule is COc1ccc(C(=O)O)c(Oc2cc(C)ccc2C#N)c1. The predicted octanol–water partition coefficient (Wildman–Crippen LogP) is 3.37. The quantitative estimate of drug-likeness (QED) is 0.930. The molecule has 5 heteroatoms. The summed E-state index contributed by atoms with van der Waals surface area (Å²) in [5.41, 5.74) is 1.24. The van der Waals surface area contributed by atoms with Crippen molar-refractivity contribution >= 4 is 5.97 Å². The molecule has 0 spiro atoms. The van der Waals surface area contributed by atoms with E-state index in [1.807, 2.05) is 13.0 Å². The molecule has 0 aliphatic heterocycles. The molecule has 106 valence electrons. The summed E-state index contributed by atoms with van der Waals surface area (Å²) >= 11 is 0. The van der Waals surface area contributed by atoms with E-state index in [4.69, 9.17) is 14.7 Å². The van der Waals surface area contributed by atoms with Gasteiger partial charge in [-0.05, 0) is 36.8 Å². The van der Waals surface area contributed by atoms with Crippen LogP contribution in [-0.2, 0) is 0 Å². The molecule has 0 amide bonds. The van der Waals surface area contributed by atoms with Crippen LogP contribution >= 0.6 is 0 Å². The molecule has 0 radical (unpaired) electrons. The Morgan fingerprint density at radius 2 is 1.95 bits per heavy atom. The highest BCUT2D eigenvalue weighted by atomic mass is 16.5. The molecule has 0 unspecified atom stereocenters. The minimum Gasteiger partial charge on any atom is -0.497 e. The summed E-state index contributed by atoms with van der Waals surface area (Å²) in [5, 5.41) is 18.3. The Labute approximate surface area is 122 Å². The summed E-state index contributed by atoms with van der Waals surface area (Å²) in [4.78, 5) is 11.2. The maximum atomic E-state index is 11.2. The molecule has 2 aromatic carbocycles. The molecular weight excluding hydrogens is 270 g/mol. The van der Waals surface area contributed by atoms with Gasteiger partial charge < -0.3 is 14.6 Å². The van der Waals surface area contributed by atoms with Crippen LogP contribution in [0.2, 0.25) is 0 Å². The van der Waals surface area contributed by atoms with Crippen LogP contribution in [0.3, 0.4) is 0 Å². The van der Waals surface area contributed by atoms with Crippen molar-refractivity contribution < 1.29 is 19.4 Å². The molecule has 5 nitrogen and oxygen atoms in total. The highest BCUT2D eigenvalue weighted by molar-refractivity contribution is 5.91. The maximum absolute atomic E-state index is 11.2. The number of nitriles is 1. The molecule has 0 bridgehead atoms. The van der Waals surface area contributed by atoms with Crippen molar-refractivity contribution in [2.75, 3.05) is 7.11 Å². The van der Waals surface area contributed by atoms with Gasteiger partial charge in [-0.15, -0.1) is 0 Å². The second-order valence-corrected chi connectivity index (χ2v) is 4.38. The van der Waals surface area contributed by atoms with Gasteiger partial charge in [0.2, 0.25) is 0 Å². The molecule has 0 aliphatic rings. The maximum Gasteiger partial charge on any atom is 0.339 e. The molecule has 0 aromatic heterocycles. The zero-order chi connectivity index (χ0) is 15.4. The second kappa shape index (κ2) is 5.97. The van der Waals surface area contributed by atoms with Crippen LogP contribution in [0, 0.1) is 18.3 Å². The standard InChI is InChI=1S/C16H13NO4/c1-10-3-4-11(9-17)14(7-10)21-15-8-12(20-2)5-6-13(15)16(18)19/h3-8H,1-2H3,(H,18,19). The van der Waals surface area contributed by atoms with Crippen LogP contribution in [0.25, 0.3) is 0 Å². The van der Waals surface area contributed by atoms with Gasteiger partial charge in [0.05, 0.1) is 12.7 Å². The van der Waals surface area contributed by atoms with Gasteiger partial charge >= 0.3 is 5.97 Å². The van der Waals surface area contributed by atoms with Crippen LogP contribution in [0.1, 0.15) is 21.5 Å². The van der Waals surface area contributed by atoms with E-state index in [-0.39, 0.29) is 11.3 Å². The third-order valence-electron chi connectivity index (χ3n) is 2.90. The number of hydrogen-bond acceptors (Lipinski definition) is 4. The number of carbonyl (C=O) groups is 1. The predicted molar refractivity (Wildman–Crippen MR) is 75.9 cm³/mol. The Balaban J connectivity index is 2.50. The number of hydrogen-bond donors (Lipinski definition) is 1. The average molecular weight is 283 g/mol. The van der Waals surface area contributed by atoms with E-state index in [0.29, 0.717) is 17.1 Å². The molecule has 0 saturated heterocycles. The van der Waals surface area contributed by atoms with E-state index < -0.39 is 5.97 Å². The van der Waals surface area contributed by atoms with Gasteiger partial charge in [0, 0.05) is 6.07 Å². The Kier molecular flexibility index (Phi) is 4.10. The highest BCUT2D eigenvalue weighted by Gasteiger charge is 2.15. The fourth-order valence-corrected chi connectivity index (χ4v) is 1.82. The minimum absolute atomic E-state index is 0.00111. The topological polar surface area (TPSA) is 79.6 Å². The number of benzene rings is 2. The molecule has 0 heterocycles. The monoisotopic (exact) mass is 283 g/mol. The van der Waals surface area contributed by atoms with E-state index >= 15 is 0 Å². The summed E-state index contributed by atoms with van der Waals surface area (Å²) in [6.07, 6.45) is 0. The van der Waals surface area contributed by atoms with Crippen molar-refractivity contribution in [3.05, 3.63) is 53.1 Å². The van der Waals surface area contributed by atoms with Gasteiger partial charge in [0.1, 0.15) is 28.9 Å². The van der Waals surface area contributed by atoms with Crippen molar-refractivity contribution in [1.82, 2.24) is 0 Å². The number of carboxylic acids is 1. The number of carboxylic acid groups (broad SMARTS) is 1.